The molecule has 2 aromatic heterocycles. The molecule has 0 saturated carbocycles. The van der Waals surface area contributed by atoms with Crippen LogP contribution in [0.2, 0.25) is 0 Å². The molecule has 2 aromatic rings. The summed E-state index contributed by atoms with van der Waals surface area (Å²) >= 11 is 0. The van der Waals surface area contributed by atoms with Crippen molar-refractivity contribution >= 4 is 17.0 Å². The van der Waals surface area contributed by atoms with Gasteiger partial charge in [0.2, 0.25) is 0 Å². The summed E-state index contributed by atoms with van der Waals surface area (Å²) in [6, 6.07) is 0. The second-order valence-electron chi connectivity index (χ2n) is 4.91. The van der Waals surface area contributed by atoms with Crippen LogP contribution in [-0.4, -0.2) is 49.5 Å². The molecule has 2 saturated heterocycles. The monoisotopic (exact) mass is 263 g/mol. The summed E-state index contributed by atoms with van der Waals surface area (Å²) in [5, 5.41) is 9.44. The highest BCUT2D eigenvalue weighted by Crippen LogP contribution is 2.45. The van der Waals surface area contributed by atoms with Gasteiger partial charge in [-0.15, -0.1) is 0 Å². The van der Waals surface area contributed by atoms with E-state index in [4.69, 9.17) is 15.2 Å². The maximum absolute atomic E-state index is 9.44. The maximum Gasteiger partial charge on any atom is 0.167 e. The van der Waals surface area contributed by atoms with Gasteiger partial charge in [-0.3, -0.25) is 4.57 Å². The Morgan fingerprint density at radius 1 is 1.47 bits per heavy atom. The molecule has 2 aliphatic heterocycles. The van der Waals surface area contributed by atoms with Crippen molar-refractivity contribution in [3.63, 3.8) is 0 Å². The minimum absolute atomic E-state index is 0.0437. The summed E-state index contributed by atoms with van der Waals surface area (Å²) in [7, 11) is 0. The molecular formula is C11H13N5O3. The topological polar surface area (TPSA) is 108 Å². The number of nitrogen functional groups attached to an aromatic ring is 1. The van der Waals surface area contributed by atoms with Crippen molar-refractivity contribution in [3.05, 3.63) is 12.7 Å². The predicted molar refractivity (Wildman–Crippen MR) is 64.0 cm³/mol. The molecule has 8 heteroatoms. The average Bonchev–Trinajstić information content (AvgIpc) is 2.92. The first-order chi connectivity index (χ1) is 9.23. The first kappa shape index (κ1) is 11.1. The Kier molecular flexibility index (Phi) is 2.12. The lowest BCUT2D eigenvalue weighted by atomic mass is 9.93. The van der Waals surface area contributed by atoms with Gasteiger partial charge in [-0.05, 0) is 0 Å². The summed E-state index contributed by atoms with van der Waals surface area (Å²) in [6.45, 7) is 0.381. The number of hydrogen-bond donors (Lipinski definition) is 2. The summed E-state index contributed by atoms with van der Waals surface area (Å²) in [5.74, 6) is 0.345. The molecule has 100 valence electrons. The van der Waals surface area contributed by atoms with E-state index in [-0.39, 0.29) is 18.9 Å². The van der Waals surface area contributed by atoms with Gasteiger partial charge >= 0.3 is 0 Å². The molecule has 0 radical (unpaired) electrons. The van der Waals surface area contributed by atoms with Crippen molar-refractivity contribution in [1.29, 1.82) is 0 Å². The normalized spacial score (nSPS) is 33.3. The van der Waals surface area contributed by atoms with Crippen LogP contribution in [0.1, 0.15) is 12.6 Å². The van der Waals surface area contributed by atoms with E-state index in [1.54, 1.807) is 6.33 Å². The standard InChI is InChI=1S/C11H13N5O3/c12-9-8-10(14-4-13-9)16(5-15-8)7-1-6-11(2-17,19-7)3-18-6/h4-7,17H,1-3H2,(H2,12,13,14). The van der Waals surface area contributed by atoms with E-state index in [1.807, 2.05) is 4.57 Å². The third-order valence-corrected chi connectivity index (χ3v) is 3.87. The summed E-state index contributed by atoms with van der Waals surface area (Å²) in [6.07, 6.45) is 3.38. The fraction of sp³-hybridized carbons (Fsp3) is 0.545. The first-order valence-corrected chi connectivity index (χ1v) is 6.07. The van der Waals surface area contributed by atoms with E-state index >= 15 is 0 Å². The average molecular weight is 263 g/mol. The van der Waals surface area contributed by atoms with Crippen molar-refractivity contribution in [2.45, 2.75) is 24.4 Å². The van der Waals surface area contributed by atoms with Gasteiger partial charge in [0.15, 0.2) is 11.5 Å². The smallest absolute Gasteiger partial charge is 0.167 e. The second kappa shape index (κ2) is 3.62. The molecule has 0 spiro atoms. The van der Waals surface area contributed by atoms with E-state index in [9.17, 15) is 5.11 Å². The van der Waals surface area contributed by atoms with Crippen molar-refractivity contribution in [1.82, 2.24) is 19.5 Å². The van der Waals surface area contributed by atoms with E-state index in [0.717, 1.165) is 0 Å². The quantitative estimate of drug-likeness (QED) is 0.748. The predicted octanol–water partition coefficient (Wildman–Crippen LogP) is -0.543. The molecular weight excluding hydrogens is 250 g/mol. The number of anilines is 1. The molecule has 2 aliphatic rings. The lowest BCUT2D eigenvalue weighted by Crippen LogP contribution is -2.58. The Hall–Kier alpha value is -1.77. The highest BCUT2D eigenvalue weighted by molar-refractivity contribution is 5.81. The molecule has 4 rings (SSSR count). The Morgan fingerprint density at radius 3 is 3.05 bits per heavy atom. The number of imidazole rings is 1. The highest BCUT2D eigenvalue weighted by atomic mass is 16.6. The molecule has 19 heavy (non-hydrogen) atoms. The molecule has 2 fully saturated rings. The van der Waals surface area contributed by atoms with Crippen LogP contribution in [0, 0.1) is 0 Å². The number of hydrogen-bond acceptors (Lipinski definition) is 7. The number of aliphatic hydroxyl groups excluding tert-OH is 1. The van der Waals surface area contributed by atoms with Crippen LogP contribution in [0.4, 0.5) is 5.82 Å². The van der Waals surface area contributed by atoms with Crippen LogP contribution in [0.5, 0.6) is 0 Å². The van der Waals surface area contributed by atoms with Gasteiger partial charge in [0.1, 0.15) is 23.7 Å². The Morgan fingerprint density at radius 2 is 2.37 bits per heavy atom. The van der Waals surface area contributed by atoms with Gasteiger partial charge in [0, 0.05) is 6.42 Å². The van der Waals surface area contributed by atoms with E-state index in [1.165, 1.54) is 6.33 Å². The molecule has 0 bridgehead atoms. The molecule has 3 unspecified atom stereocenters. The molecule has 4 heterocycles. The van der Waals surface area contributed by atoms with Crippen LogP contribution in [-0.2, 0) is 9.47 Å². The fourth-order valence-electron chi connectivity index (χ4n) is 2.72. The van der Waals surface area contributed by atoms with Gasteiger partial charge in [-0.25, -0.2) is 15.0 Å². The summed E-state index contributed by atoms with van der Waals surface area (Å²) in [5.41, 5.74) is 6.38. The van der Waals surface area contributed by atoms with Crippen LogP contribution < -0.4 is 5.73 Å². The summed E-state index contributed by atoms with van der Waals surface area (Å²) < 4.78 is 13.2. The largest absolute Gasteiger partial charge is 0.393 e. The van der Waals surface area contributed by atoms with E-state index in [0.29, 0.717) is 30.0 Å². The Balaban J connectivity index is 1.74. The minimum atomic E-state index is -0.570. The SMILES string of the molecule is Nc1ncnc2c1ncn2C1CC2OCC2(CO)O1. The van der Waals surface area contributed by atoms with Gasteiger partial charge in [-0.1, -0.05) is 0 Å². The molecule has 3 N–H and O–H groups in total. The molecule has 0 aromatic carbocycles. The number of nitrogens with two attached hydrogens (primary N) is 1. The number of ether oxygens (including phenoxy) is 2. The van der Waals surface area contributed by atoms with Crippen molar-refractivity contribution in [2.24, 2.45) is 0 Å². The molecule has 0 aliphatic carbocycles. The zero-order valence-corrected chi connectivity index (χ0v) is 10.1. The summed E-state index contributed by atoms with van der Waals surface area (Å²) in [4.78, 5) is 12.3. The molecule has 0 amide bonds. The zero-order valence-electron chi connectivity index (χ0n) is 10.1. The number of rotatable bonds is 2. The maximum atomic E-state index is 9.44. The van der Waals surface area contributed by atoms with Crippen LogP contribution >= 0.6 is 0 Å². The van der Waals surface area contributed by atoms with E-state index < -0.39 is 5.60 Å². The lowest BCUT2D eigenvalue weighted by molar-refractivity contribution is -0.242. The Bertz CT molecular complexity index is 640. The fourth-order valence-corrected chi connectivity index (χ4v) is 2.72. The van der Waals surface area contributed by atoms with Crippen LogP contribution in [0.25, 0.3) is 11.2 Å². The third-order valence-electron chi connectivity index (χ3n) is 3.87. The van der Waals surface area contributed by atoms with Gasteiger partial charge in [0.25, 0.3) is 0 Å². The van der Waals surface area contributed by atoms with Crippen molar-refractivity contribution < 1.29 is 14.6 Å². The van der Waals surface area contributed by atoms with Crippen molar-refractivity contribution in [3.8, 4) is 0 Å². The van der Waals surface area contributed by atoms with Gasteiger partial charge < -0.3 is 20.3 Å². The Labute approximate surface area is 108 Å². The number of aromatic nitrogens is 4. The van der Waals surface area contributed by atoms with Gasteiger partial charge in [-0.2, -0.15) is 0 Å². The molecule has 3 atom stereocenters. The number of fused-ring (bicyclic) bond motifs is 2. The van der Waals surface area contributed by atoms with Crippen LogP contribution in [0.3, 0.4) is 0 Å². The highest BCUT2D eigenvalue weighted by Gasteiger charge is 2.57. The second-order valence-corrected chi connectivity index (χ2v) is 4.91. The third kappa shape index (κ3) is 1.36. The van der Waals surface area contributed by atoms with Crippen LogP contribution in [0.15, 0.2) is 12.7 Å². The number of aliphatic hydroxyl groups is 1. The first-order valence-electron chi connectivity index (χ1n) is 6.07. The van der Waals surface area contributed by atoms with Crippen molar-refractivity contribution in [2.75, 3.05) is 18.9 Å². The molecule has 8 nitrogen and oxygen atoms in total. The lowest BCUT2D eigenvalue weighted by Gasteiger charge is -2.41. The van der Waals surface area contributed by atoms with E-state index in [2.05, 4.69) is 15.0 Å². The van der Waals surface area contributed by atoms with Gasteiger partial charge in [0.05, 0.1) is 25.6 Å². The number of nitrogens with zero attached hydrogens (tertiary/aromatic N) is 4. The minimum Gasteiger partial charge on any atom is -0.393 e. The zero-order chi connectivity index (χ0) is 13.0.